The molecule has 2 aromatic rings. The Bertz CT molecular complexity index is 1080. The third-order valence-electron chi connectivity index (χ3n) is 4.46. The molecular weight excluding hydrogens is 422 g/mol. The summed E-state index contributed by atoms with van der Waals surface area (Å²) >= 11 is 0. The lowest BCUT2D eigenvalue weighted by atomic mass is 10.1. The first-order valence-electron chi connectivity index (χ1n) is 10.1. The number of hydrogen-bond acceptors (Lipinski definition) is 6. The van der Waals surface area contributed by atoms with Crippen LogP contribution in [0.15, 0.2) is 23.0 Å². The van der Waals surface area contributed by atoms with Crippen LogP contribution in [-0.2, 0) is 23.1 Å². The fraction of sp³-hybridized carbons (Fsp3) is 0.450. The second-order valence-electron chi connectivity index (χ2n) is 6.80. The van der Waals surface area contributed by atoms with Crippen LogP contribution in [0.2, 0.25) is 0 Å². The van der Waals surface area contributed by atoms with Crippen molar-refractivity contribution in [2.45, 2.75) is 40.0 Å². The van der Waals surface area contributed by atoms with Gasteiger partial charge in [0.25, 0.3) is 21.7 Å². The second-order valence-corrected chi connectivity index (χ2v) is 8.18. The minimum Gasteiger partial charge on any atom is -0.493 e. The summed E-state index contributed by atoms with van der Waals surface area (Å²) in [5, 5.41) is 7.47. The number of nitrogens with zero attached hydrogens (tertiary/aromatic N) is 1. The first-order chi connectivity index (χ1) is 14.7. The highest BCUT2D eigenvalue weighted by atomic mass is 32.2. The Hall–Kier alpha value is -2.76. The van der Waals surface area contributed by atoms with E-state index in [0.717, 1.165) is 6.42 Å². The van der Waals surface area contributed by atoms with Crippen LogP contribution >= 0.6 is 0 Å². The van der Waals surface area contributed by atoms with E-state index in [4.69, 9.17) is 9.88 Å². The zero-order chi connectivity index (χ0) is 23.0. The van der Waals surface area contributed by atoms with E-state index in [2.05, 4.69) is 20.0 Å². The average Bonchev–Trinajstić information content (AvgIpc) is 2.73. The highest BCUT2D eigenvalue weighted by molar-refractivity contribution is 7.87. The van der Waals surface area contributed by atoms with Crippen LogP contribution in [0, 0.1) is 0 Å². The Morgan fingerprint density at radius 2 is 1.94 bits per heavy atom. The van der Waals surface area contributed by atoms with Crippen molar-refractivity contribution in [3.63, 3.8) is 0 Å². The topological polar surface area (TPSA) is 156 Å². The highest BCUT2D eigenvalue weighted by Gasteiger charge is 2.16. The van der Waals surface area contributed by atoms with E-state index in [9.17, 15) is 18.0 Å². The lowest BCUT2D eigenvalue weighted by Crippen LogP contribution is -2.37. The zero-order valence-electron chi connectivity index (χ0n) is 17.9. The third-order valence-corrected chi connectivity index (χ3v) is 5.07. The number of carbonyl (C=O) groups excluding carboxylic acids is 1. The summed E-state index contributed by atoms with van der Waals surface area (Å²) in [4.78, 5) is 32.5. The molecule has 31 heavy (non-hydrogen) atoms. The fourth-order valence-corrected chi connectivity index (χ4v) is 3.38. The Kier molecular flexibility index (Phi) is 8.72. The largest absolute Gasteiger partial charge is 0.493 e. The summed E-state index contributed by atoms with van der Waals surface area (Å²) in [6.45, 7) is 6.29. The molecule has 0 radical (unpaired) electrons. The van der Waals surface area contributed by atoms with Crippen molar-refractivity contribution in [3.05, 3.63) is 45.4 Å². The van der Waals surface area contributed by atoms with Gasteiger partial charge in [0.05, 0.1) is 17.9 Å². The molecule has 5 N–H and O–H groups in total. The number of H-pyrrole nitrogens is 1. The number of ether oxygens (including phenoxy) is 1. The van der Waals surface area contributed by atoms with Crippen molar-refractivity contribution in [2.75, 3.05) is 19.7 Å². The van der Waals surface area contributed by atoms with E-state index in [-0.39, 0.29) is 18.6 Å². The molecule has 0 spiro atoms. The molecule has 0 aliphatic heterocycles. The maximum Gasteiger partial charge on any atom is 0.274 e. The number of benzene rings is 1. The summed E-state index contributed by atoms with van der Waals surface area (Å²) in [6.07, 6.45) is 1.96. The van der Waals surface area contributed by atoms with Crippen molar-refractivity contribution < 1.29 is 17.9 Å². The number of aryl methyl sites for hydroxylation is 1. The molecule has 1 aromatic carbocycles. The molecule has 0 unspecified atom stereocenters. The highest BCUT2D eigenvalue weighted by Crippen LogP contribution is 2.29. The smallest absolute Gasteiger partial charge is 0.274 e. The minimum absolute atomic E-state index is 0.0393. The quantitative estimate of drug-likeness (QED) is 0.371. The van der Waals surface area contributed by atoms with Gasteiger partial charge in [0, 0.05) is 24.2 Å². The second kappa shape index (κ2) is 11.0. The lowest BCUT2D eigenvalue weighted by Gasteiger charge is -2.14. The van der Waals surface area contributed by atoms with Crippen LogP contribution < -0.4 is 25.5 Å². The number of aromatic nitrogens is 2. The molecule has 0 saturated heterocycles. The van der Waals surface area contributed by atoms with Gasteiger partial charge in [-0.15, -0.1) is 0 Å². The average molecular weight is 452 g/mol. The molecule has 0 bridgehead atoms. The number of amides is 1. The third kappa shape index (κ3) is 6.88. The van der Waals surface area contributed by atoms with E-state index in [0.29, 0.717) is 53.4 Å². The van der Waals surface area contributed by atoms with Crippen LogP contribution in [0.3, 0.4) is 0 Å². The van der Waals surface area contributed by atoms with Crippen LogP contribution in [0.1, 0.15) is 48.8 Å². The van der Waals surface area contributed by atoms with E-state index in [1.165, 1.54) is 0 Å². The first kappa shape index (κ1) is 24.5. The predicted octanol–water partition coefficient (Wildman–Crippen LogP) is 0.873. The molecule has 0 aliphatic carbocycles. The number of rotatable bonds is 11. The molecule has 1 amide bonds. The van der Waals surface area contributed by atoms with Gasteiger partial charge in [-0.25, -0.2) is 14.8 Å². The Morgan fingerprint density at radius 1 is 1.19 bits per heavy atom. The molecule has 10 nitrogen and oxygen atoms in total. The molecule has 2 rings (SSSR count). The normalized spacial score (nSPS) is 11.4. The van der Waals surface area contributed by atoms with Gasteiger partial charge in [0.2, 0.25) is 0 Å². The van der Waals surface area contributed by atoms with Gasteiger partial charge in [-0.2, -0.15) is 8.42 Å². The van der Waals surface area contributed by atoms with Gasteiger partial charge in [-0.05, 0) is 37.5 Å². The summed E-state index contributed by atoms with van der Waals surface area (Å²) < 4.78 is 29.7. The minimum atomic E-state index is -3.82. The van der Waals surface area contributed by atoms with Gasteiger partial charge in [0.1, 0.15) is 11.6 Å². The lowest BCUT2D eigenvalue weighted by molar-refractivity contribution is 0.0954. The van der Waals surface area contributed by atoms with Crippen LogP contribution in [0.4, 0.5) is 0 Å². The van der Waals surface area contributed by atoms with Crippen molar-refractivity contribution in [2.24, 2.45) is 5.14 Å². The van der Waals surface area contributed by atoms with Gasteiger partial charge in [0.15, 0.2) is 0 Å². The van der Waals surface area contributed by atoms with Gasteiger partial charge < -0.3 is 15.0 Å². The van der Waals surface area contributed by atoms with Gasteiger partial charge >= 0.3 is 0 Å². The zero-order valence-corrected chi connectivity index (χ0v) is 18.8. The van der Waals surface area contributed by atoms with Crippen molar-refractivity contribution in [1.29, 1.82) is 0 Å². The maximum atomic E-state index is 12.5. The SMILES string of the molecule is CCCOc1ccc(C(=O)NCCNS(N)(=O)=O)cc1-c1nc(CC)c(CC)c(=O)[nH]1. The summed E-state index contributed by atoms with van der Waals surface area (Å²) in [7, 11) is -3.82. The number of hydrogen-bond donors (Lipinski definition) is 4. The molecule has 0 fully saturated rings. The van der Waals surface area contributed by atoms with Crippen LogP contribution in [0.5, 0.6) is 5.75 Å². The monoisotopic (exact) mass is 451 g/mol. The fourth-order valence-electron chi connectivity index (χ4n) is 2.99. The van der Waals surface area contributed by atoms with Crippen LogP contribution in [-0.4, -0.2) is 44.0 Å². The molecule has 1 heterocycles. The van der Waals surface area contributed by atoms with Gasteiger partial charge in [-0.3, -0.25) is 9.59 Å². The molecule has 170 valence electrons. The molecule has 11 heteroatoms. The summed E-state index contributed by atoms with van der Waals surface area (Å²) in [5.74, 6) is 0.419. The van der Waals surface area contributed by atoms with E-state index < -0.39 is 16.1 Å². The number of carbonyl (C=O) groups is 1. The Morgan fingerprint density at radius 3 is 2.55 bits per heavy atom. The maximum absolute atomic E-state index is 12.5. The predicted molar refractivity (Wildman–Crippen MR) is 118 cm³/mol. The summed E-state index contributed by atoms with van der Waals surface area (Å²) in [6, 6.07) is 4.84. The Labute approximate surface area is 181 Å². The standard InChI is InChI=1S/C20H29N5O5S/c1-4-11-30-17-8-7-13(19(26)22-9-10-23-31(21,28)29)12-15(17)18-24-16(6-3)14(5-2)20(27)25-18/h7-8,12,23H,4-6,9-11H2,1-3H3,(H,22,26)(H2,21,28,29)(H,24,25,27). The Balaban J connectivity index is 2.37. The number of aromatic amines is 1. The first-order valence-corrected chi connectivity index (χ1v) is 11.7. The molecule has 0 atom stereocenters. The summed E-state index contributed by atoms with van der Waals surface area (Å²) in [5.41, 5.74) is 1.94. The molecule has 0 aliphatic rings. The number of nitrogens with one attached hydrogen (secondary N) is 3. The van der Waals surface area contributed by atoms with E-state index in [1.54, 1.807) is 18.2 Å². The van der Waals surface area contributed by atoms with Gasteiger partial charge in [-0.1, -0.05) is 20.8 Å². The van der Waals surface area contributed by atoms with Crippen molar-refractivity contribution in [1.82, 2.24) is 20.0 Å². The van der Waals surface area contributed by atoms with Crippen molar-refractivity contribution in [3.8, 4) is 17.1 Å². The molecule has 1 aromatic heterocycles. The number of nitrogens with two attached hydrogens (primary N) is 1. The molecule has 0 saturated carbocycles. The van der Waals surface area contributed by atoms with E-state index >= 15 is 0 Å². The van der Waals surface area contributed by atoms with E-state index in [1.807, 2.05) is 20.8 Å². The van der Waals surface area contributed by atoms with Crippen molar-refractivity contribution >= 4 is 16.1 Å². The van der Waals surface area contributed by atoms with Crippen LogP contribution in [0.25, 0.3) is 11.4 Å². The molecular formula is C20H29N5O5S.